The van der Waals surface area contributed by atoms with Gasteiger partial charge in [0.25, 0.3) is 0 Å². The van der Waals surface area contributed by atoms with Crippen molar-refractivity contribution in [3.8, 4) is 0 Å². The maximum atomic E-state index is 12.4. The van der Waals surface area contributed by atoms with Crippen molar-refractivity contribution in [2.45, 2.75) is 31.5 Å². The summed E-state index contributed by atoms with van der Waals surface area (Å²) in [6.45, 7) is 1.95. The van der Waals surface area contributed by atoms with Crippen LogP contribution in [0.5, 0.6) is 0 Å². The number of hydrogen-bond donors (Lipinski definition) is 3. The fourth-order valence-electron chi connectivity index (χ4n) is 2.72. The number of rotatable bonds is 4. The minimum absolute atomic E-state index is 0.0264. The summed E-state index contributed by atoms with van der Waals surface area (Å²) in [5, 5.41) is 3.69. The van der Waals surface area contributed by atoms with Gasteiger partial charge in [0.2, 0.25) is 5.91 Å². The van der Waals surface area contributed by atoms with Gasteiger partial charge in [-0.2, -0.15) is 0 Å². The van der Waals surface area contributed by atoms with Crippen LogP contribution in [0.1, 0.15) is 36.6 Å². The van der Waals surface area contributed by atoms with Gasteiger partial charge >= 0.3 is 0 Å². The molecular weight excluding hydrogens is 312 g/mol. The van der Waals surface area contributed by atoms with Gasteiger partial charge in [0.05, 0.1) is 6.04 Å². The smallest absolute Gasteiger partial charge is 0.239 e. The van der Waals surface area contributed by atoms with Crippen LogP contribution in [0.15, 0.2) is 48.8 Å². The molecule has 1 aromatic heterocycles. The summed E-state index contributed by atoms with van der Waals surface area (Å²) >= 11 is 6.00. The Morgan fingerprint density at radius 3 is 2.83 bits per heavy atom. The monoisotopic (exact) mass is 330 g/mol. The lowest BCUT2D eigenvalue weighted by molar-refractivity contribution is -0.123. The molecule has 5 nitrogen and oxygen atoms in total. The van der Waals surface area contributed by atoms with Crippen LogP contribution < -0.4 is 16.2 Å². The lowest BCUT2D eigenvalue weighted by Crippen LogP contribution is -2.43. The second kappa shape index (κ2) is 7.08. The quantitative estimate of drug-likeness (QED) is 0.806. The fraction of sp³-hybridized carbons (Fsp3) is 0.294. The van der Waals surface area contributed by atoms with Gasteiger partial charge in [0, 0.05) is 23.5 Å². The Bertz CT molecular complexity index is 679. The van der Waals surface area contributed by atoms with Crippen molar-refractivity contribution in [3.63, 3.8) is 0 Å². The molecule has 2 heterocycles. The van der Waals surface area contributed by atoms with Gasteiger partial charge in [-0.3, -0.25) is 9.78 Å². The first-order valence-corrected chi connectivity index (χ1v) is 7.98. The van der Waals surface area contributed by atoms with Crippen LogP contribution in [0.2, 0.25) is 5.02 Å². The van der Waals surface area contributed by atoms with Crippen molar-refractivity contribution in [2.24, 2.45) is 0 Å². The maximum Gasteiger partial charge on any atom is 0.239 e. The van der Waals surface area contributed by atoms with E-state index in [1.807, 2.05) is 43.3 Å². The Labute approximate surface area is 140 Å². The van der Waals surface area contributed by atoms with Gasteiger partial charge in [0.1, 0.15) is 6.04 Å². The largest absolute Gasteiger partial charge is 0.348 e. The molecule has 23 heavy (non-hydrogen) atoms. The molecule has 0 bridgehead atoms. The van der Waals surface area contributed by atoms with Crippen LogP contribution in [0.4, 0.5) is 0 Å². The van der Waals surface area contributed by atoms with E-state index in [9.17, 15) is 4.79 Å². The van der Waals surface area contributed by atoms with Gasteiger partial charge in [-0.05, 0) is 48.7 Å². The summed E-state index contributed by atoms with van der Waals surface area (Å²) in [6, 6.07) is 11.2. The van der Waals surface area contributed by atoms with Crippen LogP contribution in [0.3, 0.4) is 0 Å². The second-order valence-electron chi connectivity index (χ2n) is 5.70. The predicted octanol–water partition coefficient (Wildman–Crippen LogP) is 2.52. The van der Waals surface area contributed by atoms with E-state index in [2.05, 4.69) is 21.2 Å². The van der Waals surface area contributed by atoms with E-state index in [4.69, 9.17) is 11.6 Å². The Hall–Kier alpha value is -1.95. The molecule has 1 aromatic carbocycles. The third-order valence-electron chi connectivity index (χ3n) is 4.04. The van der Waals surface area contributed by atoms with Crippen LogP contribution in [-0.2, 0) is 4.79 Å². The van der Waals surface area contributed by atoms with Crippen LogP contribution >= 0.6 is 11.6 Å². The number of aromatic nitrogens is 1. The molecule has 1 aliphatic rings. The molecule has 0 saturated carbocycles. The first kappa shape index (κ1) is 15.9. The summed E-state index contributed by atoms with van der Waals surface area (Å²) in [6.07, 6.45) is 4.20. The first-order valence-electron chi connectivity index (χ1n) is 7.60. The van der Waals surface area contributed by atoms with Crippen LogP contribution in [-0.4, -0.2) is 16.9 Å². The lowest BCUT2D eigenvalue weighted by Gasteiger charge is -2.17. The number of nitrogens with one attached hydrogen (secondary N) is 3. The van der Waals surface area contributed by atoms with Crippen molar-refractivity contribution in [1.29, 1.82) is 0 Å². The van der Waals surface area contributed by atoms with Crippen LogP contribution in [0, 0.1) is 0 Å². The molecule has 1 saturated heterocycles. The number of hydrazine groups is 1. The normalized spacial score (nSPS) is 21.8. The molecule has 1 amide bonds. The van der Waals surface area contributed by atoms with E-state index in [0.29, 0.717) is 11.4 Å². The number of benzene rings is 1. The lowest BCUT2D eigenvalue weighted by atomic mass is 10.0. The molecule has 0 aliphatic carbocycles. The van der Waals surface area contributed by atoms with Gasteiger partial charge in [-0.15, -0.1) is 0 Å². The third-order valence-corrected chi connectivity index (χ3v) is 4.27. The molecule has 6 heteroatoms. The molecule has 2 unspecified atom stereocenters. The molecule has 0 radical (unpaired) electrons. The Morgan fingerprint density at radius 2 is 2.09 bits per heavy atom. The molecule has 3 atom stereocenters. The third kappa shape index (κ3) is 3.88. The van der Waals surface area contributed by atoms with Gasteiger partial charge < -0.3 is 5.32 Å². The molecule has 3 N–H and O–H groups in total. The molecular formula is C17H19ClN4O. The summed E-state index contributed by atoms with van der Waals surface area (Å²) < 4.78 is 0. The minimum Gasteiger partial charge on any atom is -0.348 e. The Balaban J connectivity index is 1.59. The van der Waals surface area contributed by atoms with E-state index >= 15 is 0 Å². The topological polar surface area (TPSA) is 66.0 Å². The molecule has 3 rings (SSSR count). The van der Waals surface area contributed by atoms with Crippen molar-refractivity contribution in [2.75, 3.05) is 0 Å². The average Bonchev–Trinajstić information content (AvgIpc) is 3.06. The minimum atomic E-state index is -0.269. The van der Waals surface area contributed by atoms with E-state index in [1.165, 1.54) is 0 Å². The Morgan fingerprint density at radius 1 is 1.30 bits per heavy atom. The molecule has 1 aliphatic heterocycles. The van der Waals surface area contributed by atoms with Gasteiger partial charge in [-0.25, -0.2) is 10.9 Å². The number of pyridine rings is 1. The van der Waals surface area contributed by atoms with Crippen molar-refractivity contribution in [3.05, 3.63) is 64.9 Å². The summed E-state index contributed by atoms with van der Waals surface area (Å²) in [5.74, 6) is -0.0264. The number of carbonyl (C=O) groups excluding carboxylic acids is 1. The predicted molar refractivity (Wildman–Crippen MR) is 89.7 cm³/mol. The average molecular weight is 331 g/mol. The number of nitrogens with zero attached hydrogens (tertiary/aromatic N) is 1. The van der Waals surface area contributed by atoms with Crippen molar-refractivity contribution >= 4 is 17.5 Å². The zero-order chi connectivity index (χ0) is 16.2. The van der Waals surface area contributed by atoms with Crippen LogP contribution in [0.25, 0.3) is 0 Å². The summed E-state index contributed by atoms with van der Waals surface area (Å²) in [7, 11) is 0. The van der Waals surface area contributed by atoms with E-state index < -0.39 is 0 Å². The fourth-order valence-corrected chi connectivity index (χ4v) is 2.91. The molecule has 120 valence electrons. The van der Waals surface area contributed by atoms with E-state index in [1.54, 1.807) is 12.4 Å². The highest BCUT2D eigenvalue weighted by Gasteiger charge is 2.30. The van der Waals surface area contributed by atoms with Gasteiger partial charge in [-0.1, -0.05) is 23.7 Å². The maximum absolute atomic E-state index is 12.4. The molecule has 2 aromatic rings. The van der Waals surface area contributed by atoms with Gasteiger partial charge in [0.15, 0.2) is 0 Å². The highest BCUT2D eigenvalue weighted by atomic mass is 35.5. The van der Waals surface area contributed by atoms with Crippen molar-refractivity contribution in [1.82, 2.24) is 21.2 Å². The Kier molecular flexibility index (Phi) is 4.91. The summed E-state index contributed by atoms with van der Waals surface area (Å²) in [4.78, 5) is 16.4. The second-order valence-corrected chi connectivity index (χ2v) is 6.13. The highest BCUT2D eigenvalue weighted by molar-refractivity contribution is 6.30. The first-order chi connectivity index (χ1) is 11.1. The van der Waals surface area contributed by atoms with Crippen molar-refractivity contribution < 1.29 is 4.79 Å². The number of hydrogen-bond acceptors (Lipinski definition) is 4. The zero-order valence-electron chi connectivity index (χ0n) is 12.8. The number of carbonyl (C=O) groups is 1. The summed E-state index contributed by atoms with van der Waals surface area (Å²) in [5.41, 5.74) is 8.34. The SMILES string of the molecule is C[C@@H](NC(=O)C1CC(c2ccncc2)NN1)c1cccc(Cl)c1. The number of amides is 1. The zero-order valence-corrected chi connectivity index (χ0v) is 13.5. The van der Waals surface area contributed by atoms with E-state index in [0.717, 1.165) is 11.1 Å². The molecule has 0 spiro atoms. The standard InChI is InChI=1S/C17H19ClN4O/c1-11(13-3-2-4-14(18)9-13)20-17(23)16-10-15(21-22-16)12-5-7-19-8-6-12/h2-9,11,15-16,21-22H,10H2,1H3,(H,20,23)/t11-,15?,16?/m1/s1. The number of halogens is 1. The molecule has 1 fully saturated rings. The van der Waals surface area contributed by atoms with E-state index in [-0.39, 0.29) is 24.0 Å². The highest BCUT2D eigenvalue weighted by Crippen LogP contribution is 2.22.